The highest BCUT2D eigenvalue weighted by Crippen LogP contribution is 2.42. The third-order valence-corrected chi connectivity index (χ3v) is 5.07. The predicted octanol–water partition coefficient (Wildman–Crippen LogP) is 1.92. The summed E-state index contributed by atoms with van der Waals surface area (Å²) in [7, 11) is 2.14. The molecule has 3 heterocycles. The molecule has 2 unspecified atom stereocenters. The van der Waals surface area contributed by atoms with Gasteiger partial charge in [-0.3, -0.25) is 9.88 Å². The van der Waals surface area contributed by atoms with Gasteiger partial charge in [-0.15, -0.1) is 0 Å². The largest absolute Gasteiger partial charge is 0.385 e. The zero-order valence-corrected chi connectivity index (χ0v) is 12.2. The number of likely N-dealkylation sites (N-methyl/N-ethyl adjacent to an activating group) is 1. The van der Waals surface area contributed by atoms with Crippen molar-refractivity contribution in [1.29, 1.82) is 0 Å². The molecule has 4 heteroatoms. The standard InChI is InChI=1S/C17H20N2O2/c1-19-12-8-17(20,9-13(19)11-21-10-12)15-6-7-18-16-5-3-2-4-14(15)16/h2-7,12-13,20H,8-11H2,1H3. The van der Waals surface area contributed by atoms with Crippen LogP contribution in [0.25, 0.3) is 10.9 Å². The van der Waals surface area contributed by atoms with Crippen LogP contribution in [0, 0.1) is 0 Å². The minimum absolute atomic E-state index is 0.287. The van der Waals surface area contributed by atoms with Gasteiger partial charge in [0.15, 0.2) is 0 Å². The Bertz CT molecular complexity index is 653. The third-order valence-electron chi connectivity index (χ3n) is 5.07. The molecule has 0 aliphatic carbocycles. The van der Waals surface area contributed by atoms with Crippen LogP contribution in [0.1, 0.15) is 18.4 Å². The quantitative estimate of drug-likeness (QED) is 0.869. The first-order valence-electron chi connectivity index (χ1n) is 7.54. The van der Waals surface area contributed by atoms with Crippen molar-refractivity contribution in [3.63, 3.8) is 0 Å². The maximum atomic E-state index is 11.4. The number of hydrogen-bond donors (Lipinski definition) is 1. The molecule has 0 amide bonds. The first-order valence-corrected chi connectivity index (χ1v) is 7.54. The van der Waals surface area contributed by atoms with Gasteiger partial charge in [0, 0.05) is 23.7 Å². The number of aliphatic hydroxyl groups is 1. The Morgan fingerprint density at radius 1 is 1.19 bits per heavy atom. The molecule has 2 atom stereocenters. The van der Waals surface area contributed by atoms with Gasteiger partial charge in [0.2, 0.25) is 0 Å². The van der Waals surface area contributed by atoms with E-state index in [-0.39, 0.29) is 12.1 Å². The smallest absolute Gasteiger partial charge is 0.0935 e. The number of morpholine rings is 1. The molecular formula is C17H20N2O2. The van der Waals surface area contributed by atoms with E-state index >= 15 is 0 Å². The monoisotopic (exact) mass is 284 g/mol. The maximum absolute atomic E-state index is 11.4. The maximum Gasteiger partial charge on any atom is 0.0935 e. The van der Waals surface area contributed by atoms with Gasteiger partial charge in [-0.05, 0) is 37.6 Å². The Hall–Kier alpha value is -1.49. The summed E-state index contributed by atoms with van der Waals surface area (Å²) < 4.78 is 5.66. The minimum Gasteiger partial charge on any atom is -0.385 e. The zero-order valence-electron chi connectivity index (χ0n) is 12.2. The van der Waals surface area contributed by atoms with Gasteiger partial charge < -0.3 is 9.84 Å². The average molecular weight is 284 g/mol. The van der Waals surface area contributed by atoms with Crippen LogP contribution in [0.3, 0.4) is 0 Å². The van der Waals surface area contributed by atoms with Gasteiger partial charge in [0.05, 0.1) is 24.3 Å². The van der Waals surface area contributed by atoms with E-state index in [0.717, 1.165) is 16.5 Å². The Morgan fingerprint density at radius 3 is 2.67 bits per heavy atom. The number of benzene rings is 1. The Balaban J connectivity index is 1.81. The number of para-hydroxylation sites is 1. The first kappa shape index (κ1) is 13.2. The van der Waals surface area contributed by atoms with E-state index in [0.29, 0.717) is 26.1 Å². The molecule has 2 bridgehead atoms. The van der Waals surface area contributed by atoms with Crippen molar-refractivity contribution >= 4 is 10.9 Å². The molecule has 4 rings (SSSR count). The lowest BCUT2D eigenvalue weighted by Gasteiger charge is -2.50. The molecule has 2 aliphatic rings. The number of rotatable bonds is 1. The predicted molar refractivity (Wildman–Crippen MR) is 81.0 cm³/mol. The molecule has 2 aliphatic heterocycles. The number of nitrogens with zero attached hydrogens (tertiary/aromatic N) is 2. The summed E-state index contributed by atoms with van der Waals surface area (Å²) in [4.78, 5) is 6.77. The number of pyridine rings is 1. The van der Waals surface area contributed by atoms with Crippen molar-refractivity contribution in [3.05, 3.63) is 42.1 Å². The van der Waals surface area contributed by atoms with Crippen LogP contribution < -0.4 is 0 Å². The molecule has 0 spiro atoms. The third kappa shape index (κ3) is 2.06. The van der Waals surface area contributed by atoms with Crippen LogP contribution in [0.15, 0.2) is 36.5 Å². The Kier molecular flexibility index (Phi) is 2.99. The Morgan fingerprint density at radius 2 is 1.90 bits per heavy atom. The van der Waals surface area contributed by atoms with E-state index in [1.54, 1.807) is 6.20 Å². The topological polar surface area (TPSA) is 45.6 Å². The normalized spacial score (nSPS) is 33.2. The van der Waals surface area contributed by atoms with Gasteiger partial charge in [-0.2, -0.15) is 0 Å². The molecule has 21 heavy (non-hydrogen) atoms. The molecule has 2 saturated heterocycles. The van der Waals surface area contributed by atoms with Gasteiger partial charge in [0.1, 0.15) is 0 Å². The zero-order chi connectivity index (χ0) is 14.4. The summed E-state index contributed by atoms with van der Waals surface area (Å²) in [5.41, 5.74) is 1.18. The fraction of sp³-hybridized carbons (Fsp3) is 0.471. The minimum atomic E-state index is -0.784. The van der Waals surface area contributed by atoms with Crippen molar-refractivity contribution in [2.45, 2.75) is 30.5 Å². The van der Waals surface area contributed by atoms with E-state index in [4.69, 9.17) is 4.74 Å². The highest BCUT2D eigenvalue weighted by Gasteiger charge is 2.46. The number of fused-ring (bicyclic) bond motifs is 3. The molecule has 1 N–H and O–H groups in total. The summed E-state index contributed by atoms with van der Waals surface area (Å²) in [5, 5.41) is 12.4. The van der Waals surface area contributed by atoms with Gasteiger partial charge in [0.25, 0.3) is 0 Å². The molecule has 2 aromatic rings. The first-order chi connectivity index (χ1) is 10.2. The van der Waals surface area contributed by atoms with Gasteiger partial charge in [-0.25, -0.2) is 0 Å². The molecular weight excluding hydrogens is 264 g/mol. The highest BCUT2D eigenvalue weighted by molar-refractivity contribution is 5.82. The number of hydrogen-bond acceptors (Lipinski definition) is 4. The second kappa shape index (κ2) is 4.77. The average Bonchev–Trinajstić information content (AvgIpc) is 2.48. The van der Waals surface area contributed by atoms with E-state index in [2.05, 4.69) is 23.0 Å². The van der Waals surface area contributed by atoms with Crippen LogP contribution in [0.5, 0.6) is 0 Å². The van der Waals surface area contributed by atoms with Gasteiger partial charge >= 0.3 is 0 Å². The van der Waals surface area contributed by atoms with Crippen LogP contribution >= 0.6 is 0 Å². The van der Waals surface area contributed by atoms with Crippen molar-refractivity contribution in [1.82, 2.24) is 9.88 Å². The molecule has 0 saturated carbocycles. The summed E-state index contributed by atoms with van der Waals surface area (Å²) >= 11 is 0. The number of aromatic nitrogens is 1. The van der Waals surface area contributed by atoms with Crippen LogP contribution in [0.2, 0.25) is 0 Å². The van der Waals surface area contributed by atoms with E-state index in [1.165, 1.54) is 0 Å². The van der Waals surface area contributed by atoms with Crippen molar-refractivity contribution in [2.75, 3.05) is 20.3 Å². The van der Waals surface area contributed by atoms with Crippen LogP contribution in [-0.4, -0.2) is 47.3 Å². The molecule has 110 valence electrons. The summed E-state index contributed by atoms with van der Waals surface area (Å²) in [6.45, 7) is 1.41. The second-order valence-corrected chi connectivity index (χ2v) is 6.33. The Labute approximate surface area is 124 Å². The van der Waals surface area contributed by atoms with Crippen LogP contribution in [-0.2, 0) is 10.3 Å². The van der Waals surface area contributed by atoms with E-state index in [9.17, 15) is 5.11 Å². The molecule has 0 radical (unpaired) electrons. The lowest BCUT2D eigenvalue weighted by Crippen LogP contribution is -2.59. The lowest BCUT2D eigenvalue weighted by molar-refractivity contribution is -0.137. The molecule has 2 fully saturated rings. The summed E-state index contributed by atoms with van der Waals surface area (Å²) in [5.74, 6) is 0. The number of piperidine rings is 1. The lowest BCUT2D eigenvalue weighted by atomic mass is 9.76. The summed E-state index contributed by atoms with van der Waals surface area (Å²) in [6.07, 6.45) is 3.24. The summed E-state index contributed by atoms with van der Waals surface area (Å²) in [6, 6.07) is 10.6. The molecule has 4 nitrogen and oxygen atoms in total. The molecule has 1 aromatic carbocycles. The van der Waals surface area contributed by atoms with Crippen LogP contribution in [0.4, 0.5) is 0 Å². The van der Waals surface area contributed by atoms with Crippen molar-refractivity contribution in [3.8, 4) is 0 Å². The fourth-order valence-corrected chi connectivity index (χ4v) is 3.86. The van der Waals surface area contributed by atoms with E-state index in [1.807, 2.05) is 24.3 Å². The highest BCUT2D eigenvalue weighted by atomic mass is 16.5. The second-order valence-electron chi connectivity index (χ2n) is 6.33. The van der Waals surface area contributed by atoms with Gasteiger partial charge in [-0.1, -0.05) is 18.2 Å². The molecule has 1 aromatic heterocycles. The fourth-order valence-electron chi connectivity index (χ4n) is 3.86. The van der Waals surface area contributed by atoms with Crippen molar-refractivity contribution < 1.29 is 9.84 Å². The van der Waals surface area contributed by atoms with Crippen molar-refractivity contribution in [2.24, 2.45) is 0 Å². The SMILES string of the molecule is CN1C2COCC1CC(O)(c1ccnc3ccccc13)C2. The number of ether oxygens (including phenoxy) is 1. The van der Waals surface area contributed by atoms with E-state index < -0.39 is 5.60 Å².